The van der Waals surface area contributed by atoms with Crippen LogP contribution in [0.1, 0.15) is 23.7 Å². The summed E-state index contributed by atoms with van der Waals surface area (Å²) in [4.78, 5) is 11.2. The van der Waals surface area contributed by atoms with Gasteiger partial charge in [-0.1, -0.05) is 25.1 Å². The molecule has 0 fully saturated rings. The van der Waals surface area contributed by atoms with E-state index in [0.29, 0.717) is 12.0 Å². The molecule has 0 atom stereocenters. The molecule has 0 bridgehead atoms. The second-order valence-corrected chi connectivity index (χ2v) is 2.67. The van der Waals surface area contributed by atoms with Crippen molar-refractivity contribution in [2.45, 2.75) is 13.3 Å². The largest absolute Gasteiger partial charge is 0.395 e. The number of rotatable bonds is 3. The number of hydrogen-bond donors (Lipinski definition) is 0. The van der Waals surface area contributed by atoms with E-state index in [1.54, 1.807) is 37.3 Å². The van der Waals surface area contributed by atoms with Gasteiger partial charge in [0.1, 0.15) is 0 Å². The molecule has 74 valence electrons. The van der Waals surface area contributed by atoms with Gasteiger partial charge >= 0.3 is 5.97 Å². The first-order valence-corrected chi connectivity index (χ1v) is 4.37. The van der Waals surface area contributed by atoms with Crippen molar-refractivity contribution in [2.24, 2.45) is 0 Å². The van der Waals surface area contributed by atoms with E-state index in [1.807, 2.05) is 0 Å². The third-order valence-corrected chi connectivity index (χ3v) is 1.56. The highest BCUT2D eigenvalue weighted by molar-refractivity contribution is 5.89. The lowest BCUT2D eigenvalue weighted by Crippen LogP contribution is -2.02. The van der Waals surface area contributed by atoms with E-state index in [0.717, 1.165) is 0 Å². The molecule has 1 aromatic carbocycles. The first kappa shape index (κ1) is 10.4. The first-order valence-electron chi connectivity index (χ1n) is 4.37. The quantitative estimate of drug-likeness (QED) is 0.546. The lowest BCUT2D eigenvalue weighted by Gasteiger charge is -2.00. The molecule has 3 heteroatoms. The number of hydrogen-bond acceptors (Lipinski definition) is 2. The molecule has 0 saturated heterocycles. The van der Waals surface area contributed by atoms with E-state index >= 15 is 0 Å². The van der Waals surface area contributed by atoms with E-state index in [-0.39, 0.29) is 0 Å². The molecule has 0 aliphatic carbocycles. The molecule has 0 heterocycles. The van der Waals surface area contributed by atoms with Gasteiger partial charge in [0.25, 0.3) is 6.01 Å². The maximum absolute atomic E-state index is 12.8. The average Bonchev–Trinajstić information content (AvgIpc) is 2.19. The Balaban J connectivity index is 2.64. The van der Waals surface area contributed by atoms with Crippen LogP contribution in [0.5, 0.6) is 0 Å². The Morgan fingerprint density at radius 3 is 2.64 bits per heavy atom. The molecule has 14 heavy (non-hydrogen) atoms. The standard InChI is InChI=1S/C11H11FO2/c1-2-6-10(12)14-11(13)9-7-4-3-5-8-9/h3-8H,2H2,1H3. The van der Waals surface area contributed by atoms with Crippen molar-refractivity contribution in [1.29, 1.82) is 0 Å². The van der Waals surface area contributed by atoms with Gasteiger partial charge in [-0.25, -0.2) is 4.79 Å². The van der Waals surface area contributed by atoms with Gasteiger partial charge in [0, 0.05) is 0 Å². The van der Waals surface area contributed by atoms with Crippen LogP contribution in [-0.2, 0) is 4.74 Å². The van der Waals surface area contributed by atoms with Crippen molar-refractivity contribution < 1.29 is 13.9 Å². The van der Waals surface area contributed by atoms with Gasteiger partial charge in [-0.2, -0.15) is 4.39 Å². The average molecular weight is 194 g/mol. The van der Waals surface area contributed by atoms with Crippen molar-refractivity contribution in [3.8, 4) is 0 Å². The fourth-order valence-corrected chi connectivity index (χ4v) is 0.924. The van der Waals surface area contributed by atoms with Gasteiger partial charge in [0.15, 0.2) is 0 Å². The summed E-state index contributed by atoms with van der Waals surface area (Å²) >= 11 is 0. The summed E-state index contributed by atoms with van der Waals surface area (Å²) in [6.45, 7) is 1.76. The summed E-state index contributed by atoms with van der Waals surface area (Å²) in [5, 5.41) is 0. The Kier molecular flexibility index (Phi) is 3.85. The zero-order chi connectivity index (χ0) is 10.4. The van der Waals surface area contributed by atoms with Crippen LogP contribution < -0.4 is 0 Å². The number of carbonyl (C=O) groups is 1. The number of ether oxygens (including phenoxy) is 1. The van der Waals surface area contributed by atoms with Crippen molar-refractivity contribution >= 4 is 5.97 Å². The molecule has 0 aromatic heterocycles. The van der Waals surface area contributed by atoms with E-state index in [2.05, 4.69) is 4.74 Å². The maximum atomic E-state index is 12.8. The van der Waals surface area contributed by atoms with E-state index in [9.17, 15) is 9.18 Å². The molecular formula is C11H11FO2. The molecule has 2 nitrogen and oxygen atoms in total. The fraction of sp³-hybridized carbons (Fsp3) is 0.182. The Bertz CT molecular complexity index is 330. The molecule has 0 saturated carbocycles. The number of benzene rings is 1. The van der Waals surface area contributed by atoms with Crippen LogP contribution in [0.25, 0.3) is 0 Å². The van der Waals surface area contributed by atoms with Crippen LogP contribution in [0.2, 0.25) is 0 Å². The highest BCUT2D eigenvalue weighted by atomic mass is 19.1. The summed E-state index contributed by atoms with van der Waals surface area (Å²) in [6.07, 6.45) is 1.70. The van der Waals surface area contributed by atoms with Crippen LogP contribution in [-0.4, -0.2) is 5.97 Å². The highest BCUT2D eigenvalue weighted by Gasteiger charge is 2.08. The van der Waals surface area contributed by atoms with Crippen LogP contribution in [0, 0.1) is 0 Å². The Morgan fingerprint density at radius 1 is 1.43 bits per heavy atom. The third kappa shape index (κ3) is 3.01. The minimum Gasteiger partial charge on any atom is -0.395 e. The minimum atomic E-state index is -0.846. The predicted octanol–water partition coefficient (Wildman–Crippen LogP) is 3.06. The number of allylic oxidation sites excluding steroid dienone is 1. The van der Waals surface area contributed by atoms with E-state index in [1.165, 1.54) is 6.08 Å². The van der Waals surface area contributed by atoms with Crippen LogP contribution in [0.15, 0.2) is 42.4 Å². The Hall–Kier alpha value is -1.64. The molecule has 0 aliphatic heterocycles. The first-order chi connectivity index (χ1) is 6.74. The van der Waals surface area contributed by atoms with Crippen molar-refractivity contribution in [1.82, 2.24) is 0 Å². The lowest BCUT2D eigenvalue weighted by molar-refractivity contribution is 0.0540. The summed E-state index contributed by atoms with van der Waals surface area (Å²) in [6, 6.07) is 7.45. The smallest absolute Gasteiger partial charge is 0.345 e. The van der Waals surface area contributed by atoms with E-state index in [4.69, 9.17) is 0 Å². The van der Waals surface area contributed by atoms with Gasteiger partial charge in [-0.05, 0) is 24.6 Å². The molecule has 1 rings (SSSR count). The fourth-order valence-electron chi connectivity index (χ4n) is 0.924. The summed E-state index contributed by atoms with van der Waals surface area (Å²) < 4.78 is 17.2. The lowest BCUT2D eigenvalue weighted by atomic mass is 10.2. The van der Waals surface area contributed by atoms with Crippen LogP contribution in [0.4, 0.5) is 4.39 Å². The number of carbonyl (C=O) groups excluding carboxylic acids is 1. The van der Waals surface area contributed by atoms with Crippen molar-refractivity contribution in [2.75, 3.05) is 0 Å². The zero-order valence-electron chi connectivity index (χ0n) is 7.87. The van der Waals surface area contributed by atoms with E-state index < -0.39 is 12.0 Å². The summed E-state index contributed by atoms with van der Waals surface area (Å²) in [5.74, 6) is -0.673. The molecule has 0 radical (unpaired) electrons. The van der Waals surface area contributed by atoms with Crippen LogP contribution in [0.3, 0.4) is 0 Å². The van der Waals surface area contributed by atoms with Gasteiger partial charge < -0.3 is 4.74 Å². The normalized spacial score (nSPS) is 11.1. The molecule has 0 spiro atoms. The van der Waals surface area contributed by atoms with Gasteiger partial charge in [0.2, 0.25) is 0 Å². The van der Waals surface area contributed by atoms with Gasteiger partial charge in [-0.15, -0.1) is 0 Å². The summed E-state index contributed by atoms with van der Waals surface area (Å²) in [7, 11) is 0. The van der Waals surface area contributed by atoms with Crippen molar-refractivity contribution in [3.63, 3.8) is 0 Å². The maximum Gasteiger partial charge on any atom is 0.345 e. The van der Waals surface area contributed by atoms with Gasteiger partial charge in [0.05, 0.1) is 5.56 Å². The minimum absolute atomic E-state index is 0.340. The zero-order valence-corrected chi connectivity index (χ0v) is 7.87. The van der Waals surface area contributed by atoms with Crippen molar-refractivity contribution in [3.05, 3.63) is 48.0 Å². The molecule has 0 unspecified atom stereocenters. The molecule has 0 aliphatic rings. The second-order valence-electron chi connectivity index (χ2n) is 2.67. The Labute approximate surface area is 82.0 Å². The van der Waals surface area contributed by atoms with Gasteiger partial charge in [-0.3, -0.25) is 0 Å². The number of halogens is 1. The molecule has 1 aromatic rings. The molecule has 0 amide bonds. The Morgan fingerprint density at radius 2 is 2.07 bits per heavy atom. The third-order valence-electron chi connectivity index (χ3n) is 1.56. The summed E-state index contributed by atoms with van der Waals surface area (Å²) in [5.41, 5.74) is 0.340. The molecular weight excluding hydrogens is 183 g/mol. The highest BCUT2D eigenvalue weighted by Crippen LogP contribution is 2.07. The SMILES string of the molecule is CCC=C(F)OC(=O)c1ccccc1. The second kappa shape index (κ2) is 5.17. The monoisotopic (exact) mass is 194 g/mol. The topological polar surface area (TPSA) is 26.3 Å². The predicted molar refractivity (Wildman–Crippen MR) is 51.3 cm³/mol. The molecule has 0 N–H and O–H groups in total. The number of esters is 1. The van der Waals surface area contributed by atoms with Crippen LogP contribution >= 0.6 is 0 Å².